The molecule has 1 rings (SSSR count). The van der Waals surface area contributed by atoms with E-state index in [1.54, 1.807) is 41.6 Å². The van der Waals surface area contributed by atoms with Crippen LogP contribution in [0.3, 0.4) is 0 Å². The summed E-state index contributed by atoms with van der Waals surface area (Å²) >= 11 is 12.1. The third-order valence-electron chi connectivity index (χ3n) is 1.42. The molecule has 2 nitrogen and oxygen atoms in total. The van der Waals surface area contributed by atoms with Crippen LogP contribution in [0, 0.1) is 28.5 Å². The smallest absolute Gasteiger partial charge is 0.155 e. The van der Waals surface area contributed by atoms with E-state index in [0.717, 1.165) is 0 Å². The molecule has 0 atom stereocenters. The van der Waals surface area contributed by atoms with Crippen molar-refractivity contribution in [2.24, 2.45) is 0 Å². The number of hydrogen-bond donors (Lipinski definition) is 0. The van der Waals surface area contributed by atoms with E-state index < -0.39 is 5.82 Å². The third-order valence-corrected chi connectivity index (χ3v) is 13.1. The molecular weight excluding hydrogens is 480 g/mol. The van der Waals surface area contributed by atoms with E-state index >= 15 is 0 Å². The van der Waals surface area contributed by atoms with Crippen molar-refractivity contribution in [1.82, 2.24) is 0 Å². The van der Waals surface area contributed by atoms with E-state index in [-0.39, 0.29) is 15.6 Å². The van der Waals surface area contributed by atoms with Crippen LogP contribution in [-0.2, 0) is 75.7 Å². The Bertz CT molecular complexity index is 789. The maximum Gasteiger partial charge on any atom is 0.155 e. The molecule has 0 N–H and O–H groups in total. The van der Waals surface area contributed by atoms with Crippen molar-refractivity contribution in [3.63, 3.8) is 0 Å². The minimum atomic E-state index is -0.628. The second-order valence-electron chi connectivity index (χ2n) is 2.45. The average Bonchev–Trinajstić information content (AvgIpc) is 2.47. The quantitative estimate of drug-likeness (QED) is 0.571. The van der Waals surface area contributed by atoms with Crippen LogP contribution in [0.15, 0.2) is 16.6 Å². The van der Waals surface area contributed by atoms with Crippen molar-refractivity contribution in [3.8, 4) is 12.1 Å². The van der Waals surface area contributed by atoms with Gasteiger partial charge in [0, 0.05) is 75.7 Å². The summed E-state index contributed by atoms with van der Waals surface area (Å²) in [5.41, 5.74) is 0.140. The Morgan fingerprint density at radius 3 is 1.95 bits per heavy atom. The average molecular weight is 482 g/mol. The monoisotopic (exact) mass is 480 g/mol. The number of hydrogen-bond acceptors (Lipinski definition) is 4. The number of rotatable bonds is 0. The van der Waals surface area contributed by atoms with Crippen LogP contribution in [0.2, 0.25) is 0 Å². The van der Waals surface area contributed by atoms with Crippen molar-refractivity contribution in [3.05, 3.63) is 33.5 Å². The fourth-order valence-corrected chi connectivity index (χ4v) is 12.2. The highest BCUT2D eigenvalue weighted by atomic mass is 79.9. The molecule has 0 fully saturated rings. The fourth-order valence-electron chi connectivity index (χ4n) is 0.780. The first-order valence-corrected chi connectivity index (χ1v) is 14.3. The van der Waals surface area contributed by atoms with Crippen molar-refractivity contribution in [2.75, 3.05) is 0 Å². The minimum absolute atomic E-state index is 0.124. The molecule has 106 valence electrons. The Morgan fingerprint density at radius 1 is 1.00 bits per heavy atom. The highest BCUT2D eigenvalue weighted by Crippen LogP contribution is 2.20. The van der Waals surface area contributed by atoms with Crippen LogP contribution in [0.25, 0.3) is 0 Å². The Kier molecular flexibility index (Phi) is 13.3. The van der Waals surface area contributed by atoms with Gasteiger partial charge < -0.3 is 0 Å². The lowest BCUT2D eigenvalue weighted by Crippen LogP contribution is -1.87. The van der Waals surface area contributed by atoms with E-state index in [9.17, 15) is 4.39 Å². The lowest BCUT2D eigenvalue weighted by Gasteiger charge is -1.96. The number of benzene rings is 1. The lowest BCUT2D eigenvalue weighted by atomic mass is 10.1. The van der Waals surface area contributed by atoms with Gasteiger partial charge in [-0.15, -0.1) is 0 Å². The molecule has 0 bridgehead atoms. The molecule has 0 saturated heterocycles. The summed E-state index contributed by atoms with van der Waals surface area (Å²) in [6, 6.07) is 6.01. The molecule has 12 heteroatoms. The van der Waals surface area contributed by atoms with Gasteiger partial charge in [-0.2, -0.15) is 10.5 Å². The first-order chi connectivity index (χ1) is 9.60. The van der Waals surface area contributed by atoms with Gasteiger partial charge in [0.25, 0.3) is 0 Å². The molecule has 0 heterocycles. The summed E-state index contributed by atoms with van der Waals surface area (Å²) in [5.74, 6) is -0.628. The number of halogens is 2. The Balaban J connectivity index is 0.000000396. The van der Waals surface area contributed by atoms with Crippen molar-refractivity contribution in [2.45, 2.75) is 0 Å². The maximum atomic E-state index is 12.9. The first kappa shape index (κ1) is 20.4. The van der Waals surface area contributed by atoms with Gasteiger partial charge in [-0.25, -0.2) is 4.39 Å². The molecule has 0 spiro atoms. The zero-order chi connectivity index (χ0) is 15.4. The SMILES string of the molecule is N#Cc1cc(Br)c(F)c(C#N)c1.S=S=S=S=S=S=S=S. The number of nitrogens with zero attached hydrogens (tertiary/aromatic N) is 2. The van der Waals surface area contributed by atoms with Crippen LogP contribution < -0.4 is 0 Å². The zero-order valence-electron chi connectivity index (χ0n) is 9.07. The highest BCUT2D eigenvalue weighted by Gasteiger charge is 2.07. The summed E-state index contributed by atoms with van der Waals surface area (Å²) in [5, 5.41) is 16.9. The maximum absolute atomic E-state index is 12.9. The Morgan fingerprint density at radius 2 is 1.55 bits per heavy atom. The van der Waals surface area contributed by atoms with Crippen molar-refractivity contribution < 1.29 is 4.39 Å². The summed E-state index contributed by atoms with van der Waals surface area (Å²) in [6.45, 7) is 0. The second-order valence-corrected chi connectivity index (χ2v) is 13.9. The molecule has 1 aromatic rings. The summed E-state index contributed by atoms with van der Waals surface area (Å²) in [4.78, 5) is 0. The van der Waals surface area contributed by atoms with E-state index in [1.807, 2.05) is 6.07 Å². The molecule has 0 aliphatic heterocycles. The predicted octanol–water partition coefficient (Wildman–Crippen LogP) is 2.31. The molecule has 0 saturated carbocycles. The minimum Gasteiger partial charge on any atom is -0.204 e. The van der Waals surface area contributed by atoms with Crippen LogP contribution >= 0.6 is 15.9 Å². The molecule has 1 aromatic carbocycles. The first-order valence-electron chi connectivity index (χ1n) is 4.15. The Labute approximate surface area is 150 Å². The topological polar surface area (TPSA) is 47.6 Å². The molecule has 0 aliphatic carbocycles. The molecule has 0 aliphatic rings. The van der Waals surface area contributed by atoms with E-state index in [0.29, 0.717) is 0 Å². The highest BCUT2D eigenvalue weighted by molar-refractivity contribution is 9.10. The zero-order valence-corrected chi connectivity index (χ0v) is 17.2. The van der Waals surface area contributed by atoms with Crippen LogP contribution in [0.1, 0.15) is 11.1 Å². The lowest BCUT2D eigenvalue weighted by molar-refractivity contribution is 0.617. The predicted molar refractivity (Wildman–Crippen MR) is 102 cm³/mol. The van der Waals surface area contributed by atoms with Crippen LogP contribution in [0.4, 0.5) is 4.39 Å². The van der Waals surface area contributed by atoms with E-state index in [4.69, 9.17) is 10.5 Å². The van der Waals surface area contributed by atoms with Crippen LogP contribution in [0.5, 0.6) is 0 Å². The van der Waals surface area contributed by atoms with Gasteiger partial charge in [0.1, 0.15) is 6.07 Å². The van der Waals surface area contributed by atoms with Crippen molar-refractivity contribution in [1.29, 1.82) is 10.5 Å². The van der Waals surface area contributed by atoms with E-state index in [1.165, 1.54) is 29.9 Å². The fraction of sp³-hybridized carbons (Fsp3) is 0. The summed E-state index contributed by atoms with van der Waals surface area (Å²) < 4.78 is 13.1. The summed E-state index contributed by atoms with van der Waals surface area (Å²) in [7, 11) is 9.12. The van der Waals surface area contributed by atoms with Gasteiger partial charge >= 0.3 is 0 Å². The van der Waals surface area contributed by atoms with Gasteiger partial charge in [0.2, 0.25) is 0 Å². The van der Waals surface area contributed by atoms with Crippen LogP contribution in [-0.4, -0.2) is 0 Å². The van der Waals surface area contributed by atoms with Gasteiger partial charge in [0.05, 0.1) is 21.7 Å². The third kappa shape index (κ3) is 8.61. The van der Waals surface area contributed by atoms with Gasteiger partial charge in [0.15, 0.2) is 5.82 Å². The van der Waals surface area contributed by atoms with Gasteiger partial charge in [-0.3, -0.25) is 0 Å². The van der Waals surface area contributed by atoms with Crippen molar-refractivity contribution >= 4 is 91.6 Å². The Hall–Kier alpha value is 0.370. The normalized spacial score (nSPS) is 7.80. The van der Waals surface area contributed by atoms with Gasteiger partial charge in [-0.1, -0.05) is 0 Å². The molecular formula is C8H2BrFN2S8. The van der Waals surface area contributed by atoms with Gasteiger partial charge in [-0.05, 0) is 28.1 Å². The molecule has 0 radical (unpaired) electrons. The standard InChI is InChI=1S/C8H2BrFN2.S8/c9-7-2-5(3-11)1-6(4-12)8(7)10;1-3-5-7-8-6-4-2/h1-2H;. The molecule has 0 aromatic heterocycles. The molecule has 0 unspecified atom stereocenters. The molecule has 20 heavy (non-hydrogen) atoms. The summed E-state index contributed by atoms with van der Waals surface area (Å²) in [6.07, 6.45) is 0. The largest absolute Gasteiger partial charge is 0.204 e. The van der Waals surface area contributed by atoms with E-state index in [2.05, 4.69) is 38.3 Å². The number of nitriles is 2. The second kappa shape index (κ2) is 13.1. The molecule has 0 amide bonds.